The second kappa shape index (κ2) is 7.55. The van der Waals surface area contributed by atoms with Crippen LogP contribution >= 0.6 is 0 Å². The van der Waals surface area contributed by atoms with Crippen molar-refractivity contribution >= 4 is 5.97 Å². The Balaban J connectivity index is 1.73. The highest BCUT2D eigenvalue weighted by molar-refractivity contribution is 5.75. The number of unbranched alkanes of at least 4 members (excludes halogenated alkanes) is 3. The molecule has 3 nitrogen and oxygen atoms in total. The monoisotopic (exact) mass is 322 g/mol. The first-order valence-electron chi connectivity index (χ1n) is 10.1. The second-order valence-electron chi connectivity index (χ2n) is 8.02. The molecule has 2 spiro atoms. The van der Waals surface area contributed by atoms with E-state index in [0.717, 1.165) is 51.4 Å². The quantitative estimate of drug-likeness (QED) is 0.494. The Hall–Kier alpha value is -0.570. The Morgan fingerprint density at radius 3 is 2.22 bits per heavy atom. The zero-order chi connectivity index (χ0) is 16.2. The third-order valence-corrected chi connectivity index (χ3v) is 6.26. The van der Waals surface area contributed by atoms with Gasteiger partial charge in [0.05, 0.1) is 11.5 Å². The van der Waals surface area contributed by atoms with E-state index in [1.54, 1.807) is 0 Å². The Morgan fingerprint density at radius 2 is 1.57 bits per heavy atom. The lowest BCUT2D eigenvalue weighted by molar-refractivity contribution is -0.335. The number of hydrogen-bond acceptors (Lipinski definition) is 3. The van der Waals surface area contributed by atoms with Gasteiger partial charge in [0.25, 0.3) is 0 Å². The first kappa shape index (κ1) is 17.3. The molecule has 0 N–H and O–H groups in total. The minimum atomic E-state index is -0.577. The van der Waals surface area contributed by atoms with Gasteiger partial charge < -0.3 is 9.47 Å². The fourth-order valence-corrected chi connectivity index (χ4v) is 4.98. The van der Waals surface area contributed by atoms with Crippen molar-refractivity contribution in [1.29, 1.82) is 0 Å². The molecule has 0 radical (unpaired) electrons. The van der Waals surface area contributed by atoms with Gasteiger partial charge in [0.15, 0.2) is 0 Å². The van der Waals surface area contributed by atoms with Crippen LogP contribution in [-0.4, -0.2) is 17.4 Å². The number of rotatable bonds is 5. The molecule has 132 valence electrons. The molecule has 0 aromatic rings. The van der Waals surface area contributed by atoms with Crippen LogP contribution in [-0.2, 0) is 14.3 Å². The van der Waals surface area contributed by atoms with E-state index in [2.05, 4.69) is 6.92 Å². The topological polar surface area (TPSA) is 35.5 Å². The highest BCUT2D eigenvalue weighted by Gasteiger charge is 2.56. The molecule has 3 rings (SSSR count). The van der Waals surface area contributed by atoms with Crippen LogP contribution in [0.4, 0.5) is 0 Å². The largest absolute Gasteiger partial charge is 0.433 e. The number of hydrogen-bond donors (Lipinski definition) is 0. The molecule has 2 saturated carbocycles. The van der Waals surface area contributed by atoms with Gasteiger partial charge in [-0.1, -0.05) is 58.3 Å². The average Bonchev–Trinajstić information content (AvgIpc) is 2.55. The van der Waals surface area contributed by atoms with Crippen molar-refractivity contribution in [2.24, 2.45) is 5.92 Å². The van der Waals surface area contributed by atoms with Gasteiger partial charge in [-0.2, -0.15) is 0 Å². The van der Waals surface area contributed by atoms with Crippen molar-refractivity contribution in [2.75, 3.05) is 0 Å². The predicted molar refractivity (Wildman–Crippen MR) is 91.1 cm³/mol. The fraction of sp³-hybridized carbons (Fsp3) is 0.950. The SMILES string of the molecule is CCCCCCC1C(=O)OC2(CCCCC2)OC12CCCCC2. The van der Waals surface area contributed by atoms with E-state index in [-0.39, 0.29) is 17.5 Å². The highest BCUT2D eigenvalue weighted by atomic mass is 16.7. The summed E-state index contributed by atoms with van der Waals surface area (Å²) in [5.41, 5.74) is -0.211. The summed E-state index contributed by atoms with van der Waals surface area (Å²) in [6.45, 7) is 2.23. The third-order valence-electron chi connectivity index (χ3n) is 6.26. The Bertz CT molecular complexity index is 392. The van der Waals surface area contributed by atoms with E-state index in [1.807, 2.05) is 0 Å². The summed E-state index contributed by atoms with van der Waals surface area (Å²) in [4.78, 5) is 12.9. The normalized spacial score (nSPS) is 29.6. The molecule has 1 aliphatic heterocycles. The standard InChI is InChI=1S/C20H34O3/c1-2-3-4-7-12-17-18(21)22-20(15-10-6-11-16-20)23-19(17)13-8-5-9-14-19/h17H,2-16H2,1H3. The molecule has 1 heterocycles. The van der Waals surface area contributed by atoms with E-state index in [0.29, 0.717) is 0 Å². The van der Waals surface area contributed by atoms with Crippen LogP contribution in [0.3, 0.4) is 0 Å². The first-order chi connectivity index (χ1) is 11.2. The zero-order valence-electron chi connectivity index (χ0n) is 14.9. The molecule has 0 amide bonds. The van der Waals surface area contributed by atoms with Crippen molar-refractivity contribution in [3.63, 3.8) is 0 Å². The average molecular weight is 322 g/mol. The van der Waals surface area contributed by atoms with Crippen molar-refractivity contribution in [2.45, 2.75) is 115 Å². The smallest absolute Gasteiger partial charge is 0.314 e. The Kier molecular flexibility index (Phi) is 5.66. The third kappa shape index (κ3) is 3.75. The summed E-state index contributed by atoms with van der Waals surface area (Å²) in [6, 6.07) is 0. The molecular formula is C20H34O3. The lowest BCUT2D eigenvalue weighted by Gasteiger charge is -2.53. The van der Waals surface area contributed by atoms with Crippen LogP contribution in [0.2, 0.25) is 0 Å². The van der Waals surface area contributed by atoms with Gasteiger partial charge in [0.2, 0.25) is 5.79 Å². The molecule has 0 bridgehead atoms. The summed E-state index contributed by atoms with van der Waals surface area (Å²) >= 11 is 0. The van der Waals surface area contributed by atoms with Gasteiger partial charge in [-0.05, 0) is 32.1 Å². The van der Waals surface area contributed by atoms with E-state index in [1.165, 1.54) is 44.9 Å². The predicted octanol–water partition coefficient (Wildman–Crippen LogP) is 5.51. The van der Waals surface area contributed by atoms with Gasteiger partial charge in [0.1, 0.15) is 0 Å². The number of ether oxygens (including phenoxy) is 2. The Morgan fingerprint density at radius 1 is 0.913 bits per heavy atom. The zero-order valence-corrected chi connectivity index (χ0v) is 14.9. The molecule has 0 aromatic carbocycles. The van der Waals surface area contributed by atoms with Crippen LogP contribution in [0.15, 0.2) is 0 Å². The van der Waals surface area contributed by atoms with E-state index >= 15 is 0 Å². The molecule has 1 saturated heterocycles. The molecule has 3 aliphatic rings. The maximum atomic E-state index is 12.9. The van der Waals surface area contributed by atoms with Crippen LogP contribution in [0.25, 0.3) is 0 Å². The van der Waals surface area contributed by atoms with Gasteiger partial charge in [-0.15, -0.1) is 0 Å². The number of esters is 1. The van der Waals surface area contributed by atoms with Crippen molar-refractivity contribution in [1.82, 2.24) is 0 Å². The minimum Gasteiger partial charge on any atom is -0.433 e. The molecular weight excluding hydrogens is 288 g/mol. The number of carbonyl (C=O) groups excluding carboxylic acids is 1. The summed E-state index contributed by atoms with van der Waals surface area (Å²) < 4.78 is 12.7. The summed E-state index contributed by atoms with van der Waals surface area (Å²) in [7, 11) is 0. The summed E-state index contributed by atoms with van der Waals surface area (Å²) in [5, 5.41) is 0. The van der Waals surface area contributed by atoms with Crippen molar-refractivity contribution in [3.8, 4) is 0 Å². The van der Waals surface area contributed by atoms with E-state index in [4.69, 9.17) is 9.47 Å². The molecule has 1 atom stereocenters. The maximum Gasteiger partial charge on any atom is 0.314 e. The van der Waals surface area contributed by atoms with Gasteiger partial charge in [-0.25, -0.2) is 0 Å². The minimum absolute atomic E-state index is 0.0211. The van der Waals surface area contributed by atoms with Crippen molar-refractivity contribution in [3.05, 3.63) is 0 Å². The fourth-order valence-electron chi connectivity index (χ4n) is 4.98. The van der Waals surface area contributed by atoms with Crippen LogP contribution in [0, 0.1) is 5.92 Å². The highest BCUT2D eigenvalue weighted by Crippen LogP contribution is 2.50. The Labute approximate surface area is 141 Å². The van der Waals surface area contributed by atoms with E-state index in [9.17, 15) is 4.79 Å². The van der Waals surface area contributed by atoms with Crippen LogP contribution in [0.1, 0.15) is 103 Å². The molecule has 2 aliphatic carbocycles. The van der Waals surface area contributed by atoms with Crippen LogP contribution < -0.4 is 0 Å². The van der Waals surface area contributed by atoms with Gasteiger partial charge in [-0.3, -0.25) is 4.79 Å². The van der Waals surface area contributed by atoms with Gasteiger partial charge in [0, 0.05) is 12.8 Å². The summed E-state index contributed by atoms with van der Waals surface area (Å²) in [5.74, 6) is -0.546. The molecule has 23 heavy (non-hydrogen) atoms. The lowest BCUT2D eigenvalue weighted by atomic mass is 9.72. The second-order valence-corrected chi connectivity index (χ2v) is 8.02. The number of carbonyl (C=O) groups is 1. The molecule has 3 heteroatoms. The lowest BCUT2D eigenvalue weighted by Crippen LogP contribution is -2.60. The van der Waals surface area contributed by atoms with E-state index < -0.39 is 5.79 Å². The van der Waals surface area contributed by atoms with Gasteiger partial charge >= 0.3 is 5.97 Å². The first-order valence-corrected chi connectivity index (χ1v) is 10.1. The van der Waals surface area contributed by atoms with Crippen molar-refractivity contribution < 1.29 is 14.3 Å². The maximum absolute atomic E-state index is 12.9. The molecule has 1 unspecified atom stereocenters. The van der Waals surface area contributed by atoms with Crippen LogP contribution in [0.5, 0.6) is 0 Å². The molecule has 0 aromatic heterocycles. The molecule has 3 fully saturated rings. The summed E-state index contributed by atoms with van der Waals surface area (Å²) in [6.07, 6.45) is 16.9.